The summed E-state index contributed by atoms with van der Waals surface area (Å²) in [4.78, 5) is 11.9. The Labute approximate surface area is 196 Å². The minimum atomic E-state index is -0.872. The van der Waals surface area contributed by atoms with Gasteiger partial charge in [-0.15, -0.1) is 0 Å². The highest BCUT2D eigenvalue weighted by molar-refractivity contribution is 5.72. The molecule has 1 aliphatic heterocycles. The van der Waals surface area contributed by atoms with Crippen molar-refractivity contribution in [2.45, 2.75) is 121 Å². The first-order chi connectivity index (χ1) is 15.5. The summed E-state index contributed by atoms with van der Waals surface area (Å²) in [6.45, 7) is 6.20. The summed E-state index contributed by atoms with van der Waals surface area (Å²) in [6.07, 6.45) is 5.67. The van der Waals surface area contributed by atoms with Crippen LogP contribution < -0.4 is 0 Å². The van der Waals surface area contributed by atoms with E-state index in [4.69, 9.17) is 9.47 Å². The van der Waals surface area contributed by atoms with E-state index < -0.39 is 47.5 Å². The third-order valence-corrected chi connectivity index (χ3v) is 11.1. The van der Waals surface area contributed by atoms with Gasteiger partial charge in [0.15, 0.2) is 6.29 Å². The number of aliphatic hydroxyl groups is 3. The number of hydrogen-bond acceptors (Lipinski definition) is 6. The van der Waals surface area contributed by atoms with Gasteiger partial charge < -0.3 is 29.9 Å². The van der Waals surface area contributed by atoms with Crippen LogP contribution in [0.2, 0.25) is 0 Å². The maximum Gasteiger partial charge on any atom is 0.307 e. The minimum Gasteiger partial charge on any atom is -0.481 e. The fraction of sp³-hybridized carbons (Fsp3) is 0.962. The Kier molecular flexibility index (Phi) is 5.93. The fourth-order valence-electron chi connectivity index (χ4n) is 9.03. The molecule has 5 rings (SSSR count). The summed E-state index contributed by atoms with van der Waals surface area (Å²) < 4.78 is 12.1. The Morgan fingerprint density at radius 1 is 0.970 bits per heavy atom. The van der Waals surface area contributed by atoms with Crippen molar-refractivity contribution in [2.24, 2.45) is 34.5 Å². The van der Waals surface area contributed by atoms with Gasteiger partial charge in [-0.3, -0.25) is 4.79 Å². The summed E-state index contributed by atoms with van der Waals surface area (Å²) in [7, 11) is 0. The van der Waals surface area contributed by atoms with Crippen molar-refractivity contribution in [1.82, 2.24) is 0 Å². The first-order valence-electron chi connectivity index (χ1n) is 13.1. The molecule has 7 heteroatoms. The molecule has 4 N–H and O–H groups in total. The number of carboxylic acid groups (broad SMARTS) is 1. The lowest BCUT2D eigenvalue weighted by atomic mass is 9.43. The van der Waals surface area contributed by atoms with E-state index in [2.05, 4.69) is 6.92 Å². The fourth-order valence-corrected chi connectivity index (χ4v) is 9.03. The number of ether oxygens (including phenoxy) is 2. The number of aliphatic hydroxyl groups excluding tert-OH is 2. The largest absolute Gasteiger partial charge is 0.481 e. The second kappa shape index (κ2) is 8.16. The maximum absolute atomic E-state index is 12.0. The molecule has 0 aromatic rings. The van der Waals surface area contributed by atoms with E-state index in [0.29, 0.717) is 31.1 Å². The molecule has 0 amide bonds. The monoisotopic (exact) mass is 466 g/mol. The molecule has 0 aromatic carbocycles. The zero-order valence-electron chi connectivity index (χ0n) is 20.3. The Balaban J connectivity index is 1.28. The lowest BCUT2D eigenvalue weighted by molar-refractivity contribution is -0.271. The average Bonchev–Trinajstić information content (AvgIpc) is 3.04. The predicted molar refractivity (Wildman–Crippen MR) is 120 cm³/mol. The molecule has 0 radical (unpaired) electrons. The molecule has 12 atom stereocenters. The van der Waals surface area contributed by atoms with Crippen molar-refractivity contribution in [3.05, 3.63) is 0 Å². The van der Waals surface area contributed by atoms with Gasteiger partial charge in [-0.2, -0.15) is 0 Å². The highest BCUT2D eigenvalue weighted by Gasteiger charge is 2.68. The zero-order valence-corrected chi connectivity index (χ0v) is 20.3. The molecule has 0 unspecified atom stereocenters. The summed E-state index contributed by atoms with van der Waals surface area (Å²) in [6, 6.07) is 0. The van der Waals surface area contributed by atoms with Crippen molar-refractivity contribution in [3.63, 3.8) is 0 Å². The van der Waals surface area contributed by atoms with E-state index in [1.54, 1.807) is 6.92 Å². The smallest absolute Gasteiger partial charge is 0.307 e. The van der Waals surface area contributed by atoms with Gasteiger partial charge in [0.1, 0.15) is 6.10 Å². The zero-order chi connectivity index (χ0) is 23.8. The van der Waals surface area contributed by atoms with E-state index in [1.165, 1.54) is 0 Å². The van der Waals surface area contributed by atoms with Gasteiger partial charge in [-0.25, -0.2) is 0 Å². The molecule has 0 spiro atoms. The quantitative estimate of drug-likeness (QED) is 0.472. The number of fused-ring (bicyclic) bond motifs is 5. The van der Waals surface area contributed by atoms with E-state index in [1.807, 2.05) is 6.92 Å². The van der Waals surface area contributed by atoms with Gasteiger partial charge in [0.25, 0.3) is 0 Å². The Hall–Kier alpha value is -0.730. The maximum atomic E-state index is 12.0. The van der Waals surface area contributed by atoms with E-state index in [9.17, 15) is 25.2 Å². The van der Waals surface area contributed by atoms with Gasteiger partial charge in [-0.1, -0.05) is 13.8 Å². The predicted octanol–water partition coefficient (Wildman–Crippen LogP) is 3.09. The number of aliphatic carboxylic acids is 1. The molecule has 1 saturated heterocycles. The molecule has 1 heterocycles. The number of hydrogen-bond donors (Lipinski definition) is 4. The van der Waals surface area contributed by atoms with E-state index in [-0.39, 0.29) is 17.4 Å². The van der Waals surface area contributed by atoms with Crippen LogP contribution in [0.3, 0.4) is 0 Å². The Bertz CT molecular complexity index is 762. The standard InChI is InChI=1S/C26H42O7/c1-14-22(28)20(27)13-21(32-14)33-16-6-9-24(2)15(12-16)4-5-18-17(24)7-10-25(3)19(23(29)30)8-11-26(18,25)31/h14-22,27-28,31H,4-13H2,1-3H3,(H,29,30)/t14-,15-,16+,17+,18-,19-,20+,21+,22-,24+,25-,26+/m1/s1. The number of rotatable bonds is 3. The van der Waals surface area contributed by atoms with Crippen molar-refractivity contribution in [3.8, 4) is 0 Å². The molecular formula is C26H42O7. The van der Waals surface area contributed by atoms with Gasteiger partial charge >= 0.3 is 5.97 Å². The van der Waals surface area contributed by atoms with Gasteiger partial charge in [-0.05, 0) is 87.9 Å². The van der Waals surface area contributed by atoms with Gasteiger partial charge in [0, 0.05) is 11.8 Å². The average molecular weight is 467 g/mol. The molecule has 188 valence electrons. The van der Waals surface area contributed by atoms with Crippen LogP contribution in [0.1, 0.15) is 85.0 Å². The van der Waals surface area contributed by atoms with Crippen molar-refractivity contribution < 1.29 is 34.7 Å². The highest BCUT2D eigenvalue weighted by Crippen LogP contribution is 2.69. The third-order valence-electron chi connectivity index (χ3n) is 11.1. The number of carboxylic acids is 1. The Morgan fingerprint density at radius 3 is 2.42 bits per heavy atom. The molecular weight excluding hydrogens is 424 g/mol. The minimum absolute atomic E-state index is 0.0825. The summed E-state index contributed by atoms with van der Waals surface area (Å²) >= 11 is 0. The van der Waals surface area contributed by atoms with Crippen LogP contribution in [0.15, 0.2) is 0 Å². The topological polar surface area (TPSA) is 116 Å². The van der Waals surface area contributed by atoms with Crippen LogP contribution >= 0.6 is 0 Å². The van der Waals surface area contributed by atoms with Crippen LogP contribution in [-0.2, 0) is 14.3 Å². The summed E-state index contributed by atoms with van der Waals surface area (Å²) in [5.41, 5.74) is -1.26. The van der Waals surface area contributed by atoms with Crippen LogP contribution in [0, 0.1) is 34.5 Å². The van der Waals surface area contributed by atoms with Crippen LogP contribution in [0.5, 0.6) is 0 Å². The second-order valence-corrected chi connectivity index (χ2v) is 12.4. The van der Waals surface area contributed by atoms with Crippen LogP contribution in [-0.4, -0.2) is 62.7 Å². The van der Waals surface area contributed by atoms with E-state index in [0.717, 1.165) is 44.9 Å². The molecule has 7 nitrogen and oxygen atoms in total. The number of carbonyl (C=O) groups is 1. The molecule has 5 fully saturated rings. The van der Waals surface area contributed by atoms with Crippen LogP contribution in [0.25, 0.3) is 0 Å². The third kappa shape index (κ3) is 3.52. The SMILES string of the molecule is C[C@H]1O[C@@H](O[C@H]2CC[C@@]3(C)[C@H](CC[C@@H]4[C@@H]3CC[C@]3(C)[C@@H](C(=O)O)CC[C@]43O)C2)C[C@H](O)[C@@H]1O. The molecule has 4 saturated carbocycles. The molecule has 5 aliphatic rings. The molecule has 0 bridgehead atoms. The van der Waals surface area contributed by atoms with Crippen molar-refractivity contribution in [2.75, 3.05) is 0 Å². The van der Waals surface area contributed by atoms with Crippen molar-refractivity contribution in [1.29, 1.82) is 0 Å². The first kappa shape index (κ1) is 24.0. The normalized spacial score (nSPS) is 56.5. The van der Waals surface area contributed by atoms with Gasteiger partial charge in [0.2, 0.25) is 0 Å². The Morgan fingerprint density at radius 2 is 1.73 bits per heavy atom. The molecule has 33 heavy (non-hydrogen) atoms. The van der Waals surface area contributed by atoms with Crippen molar-refractivity contribution >= 4 is 5.97 Å². The van der Waals surface area contributed by atoms with E-state index >= 15 is 0 Å². The highest BCUT2D eigenvalue weighted by atomic mass is 16.7. The summed E-state index contributed by atoms with van der Waals surface area (Å²) in [5.74, 6) is -0.0749. The second-order valence-electron chi connectivity index (χ2n) is 12.4. The van der Waals surface area contributed by atoms with Gasteiger partial charge in [0.05, 0.1) is 29.8 Å². The van der Waals surface area contributed by atoms with Crippen LogP contribution in [0.4, 0.5) is 0 Å². The molecule has 4 aliphatic carbocycles. The molecule has 0 aromatic heterocycles. The summed E-state index contributed by atoms with van der Waals surface area (Å²) in [5, 5.41) is 41.8. The lowest BCUT2D eigenvalue weighted by Crippen LogP contribution is -2.62. The first-order valence-corrected chi connectivity index (χ1v) is 13.1. The lowest BCUT2D eigenvalue weighted by Gasteiger charge is -2.63.